The molecule has 106 valence electrons. The predicted molar refractivity (Wildman–Crippen MR) is 76.6 cm³/mol. The number of aliphatic hydroxyl groups excluding tert-OH is 1. The fourth-order valence-electron chi connectivity index (χ4n) is 1.82. The van der Waals surface area contributed by atoms with E-state index in [2.05, 4.69) is 5.32 Å². The lowest BCUT2D eigenvalue weighted by molar-refractivity contribution is -0.131. The summed E-state index contributed by atoms with van der Waals surface area (Å²) in [6.07, 6.45) is 1.30. The van der Waals surface area contributed by atoms with Gasteiger partial charge in [-0.1, -0.05) is 37.3 Å². The van der Waals surface area contributed by atoms with Crippen LogP contribution in [0.5, 0.6) is 0 Å². The molecule has 0 bridgehead atoms. The summed E-state index contributed by atoms with van der Waals surface area (Å²) < 4.78 is 0. The minimum Gasteiger partial charge on any atom is -0.394 e. The second-order valence-electron chi connectivity index (χ2n) is 5.16. The van der Waals surface area contributed by atoms with Gasteiger partial charge in [-0.2, -0.15) is 0 Å². The Kier molecular flexibility index (Phi) is 5.99. The van der Waals surface area contributed by atoms with Crippen molar-refractivity contribution in [3.05, 3.63) is 35.9 Å². The first-order chi connectivity index (χ1) is 9.05. The molecule has 0 aromatic heterocycles. The maximum atomic E-state index is 12.2. The molecule has 0 aliphatic rings. The molecule has 4 heteroatoms. The zero-order valence-electron chi connectivity index (χ0n) is 11.7. The molecule has 2 unspecified atom stereocenters. The SMILES string of the molecule is CCC(C)(CN)C(=O)NC(CO)Cc1ccccc1. The van der Waals surface area contributed by atoms with Crippen LogP contribution >= 0.6 is 0 Å². The summed E-state index contributed by atoms with van der Waals surface area (Å²) in [6.45, 7) is 4.01. The Labute approximate surface area is 115 Å². The smallest absolute Gasteiger partial charge is 0.227 e. The van der Waals surface area contributed by atoms with Crippen molar-refractivity contribution < 1.29 is 9.90 Å². The van der Waals surface area contributed by atoms with Gasteiger partial charge in [-0.05, 0) is 25.3 Å². The number of nitrogens with two attached hydrogens (primary N) is 1. The highest BCUT2D eigenvalue weighted by Crippen LogP contribution is 2.19. The van der Waals surface area contributed by atoms with Crippen molar-refractivity contribution in [1.82, 2.24) is 5.32 Å². The number of rotatable bonds is 7. The number of nitrogens with one attached hydrogen (secondary N) is 1. The molecule has 4 N–H and O–H groups in total. The van der Waals surface area contributed by atoms with E-state index in [0.29, 0.717) is 19.4 Å². The lowest BCUT2D eigenvalue weighted by atomic mass is 9.86. The van der Waals surface area contributed by atoms with Crippen LogP contribution in [0, 0.1) is 5.41 Å². The van der Waals surface area contributed by atoms with Crippen molar-refractivity contribution in [2.45, 2.75) is 32.7 Å². The van der Waals surface area contributed by atoms with E-state index < -0.39 is 5.41 Å². The van der Waals surface area contributed by atoms with E-state index in [-0.39, 0.29) is 18.6 Å². The first-order valence-corrected chi connectivity index (χ1v) is 6.71. The van der Waals surface area contributed by atoms with Crippen molar-refractivity contribution in [2.24, 2.45) is 11.1 Å². The third kappa shape index (κ3) is 4.33. The molecule has 1 aromatic carbocycles. The predicted octanol–water partition coefficient (Wildman–Crippen LogP) is 1.08. The molecule has 0 spiro atoms. The van der Waals surface area contributed by atoms with Gasteiger partial charge < -0.3 is 16.2 Å². The van der Waals surface area contributed by atoms with Crippen LogP contribution in [0.15, 0.2) is 30.3 Å². The van der Waals surface area contributed by atoms with E-state index in [9.17, 15) is 9.90 Å². The topological polar surface area (TPSA) is 75.4 Å². The first-order valence-electron chi connectivity index (χ1n) is 6.71. The summed E-state index contributed by atoms with van der Waals surface area (Å²) in [5.41, 5.74) is 6.19. The van der Waals surface area contributed by atoms with E-state index in [1.54, 1.807) is 0 Å². The van der Waals surface area contributed by atoms with Crippen LogP contribution in [0.25, 0.3) is 0 Å². The molecular formula is C15H24N2O2. The van der Waals surface area contributed by atoms with Crippen molar-refractivity contribution in [2.75, 3.05) is 13.2 Å². The van der Waals surface area contributed by atoms with Crippen LogP contribution in [0.2, 0.25) is 0 Å². The quantitative estimate of drug-likeness (QED) is 0.690. The third-order valence-electron chi connectivity index (χ3n) is 3.66. The number of carbonyl (C=O) groups excluding carboxylic acids is 1. The molecule has 1 amide bonds. The van der Waals surface area contributed by atoms with Gasteiger partial charge in [0.1, 0.15) is 0 Å². The molecule has 19 heavy (non-hydrogen) atoms. The standard InChI is InChI=1S/C15H24N2O2/c1-3-15(2,11-16)14(19)17-13(10-18)9-12-7-5-4-6-8-12/h4-8,13,18H,3,9-11,16H2,1-2H3,(H,17,19). The Hall–Kier alpha value is -1.39. The Bertz CT molecular complexity index is 388. The highest BCUT2D eigenvalue weighted by atomic mass is 16.3. The second kappa shape index (κ2) is 7.26. The average molecular weight is 264 g/mol. The minimum atomic E-state index is -0.565. The van der Waals surface area contributed by atoms with Crippen molar-refractivity contribution in [1.29, 1.82) is 0 Å². The number of amides is 1. The Morgan fingerprint density at radius 1 is 1.42 bits per heavy atom. The summed E-state index contributed by atoms with van der Waals surface area (Å²) in [5, 5.41) is 12.3. The number of carbonyl (C=O) groups is 1. The van der Waals surface area contributed by atoms with Crippen LogP contribution in [0.3, 0.4) is 0 Å². The van der Waals surface area contributed by atoms with E-state index in [1.165, 1.54) is 0 Å². The average Bonchev–Trinajstić information content (AvgIpc) is 2.46. The molecule has 0 fully saturated rings. The molecule has 0 heterocycles. The lowest BCUT2D eigenvalue weighted by Gasteiger charge is -2.28. The summed E-state index contributed by atoms with van der Waals surface area (Å²) in [5.74, 6) is -0.0903. The van der Waals surface area contributed by atoms with Crippen LogP contribution in [0.1, 0.15) is 25.8 Å². The first kappa shape index (κ1) is 15.7. The van der Waals surface area contributed by atoms with E-state index in [1.807, 2.05) is 44.2 Å². The Morgan fingerprint density at radius 3 is 2.53 bits per heavy atom. The molecule has 0 aliphatic carbocycles. The van der Waals surface area contributed by atoms with E-state index >= 15 is 0 Å². The largest absolute Gasteiger partial charge is 0.394 e. The van der Waals surface area contributed by atoms with Gasteiger partial charge >= 0.3 is 0 Å². The molecule has 2 atom stereocenters. The number of aliphatic hydroxyl groups is 1. The molecule has 0 saturated carbocycles. The second-order valence-corrected chi connectivity index (χ2v) is 5.16. The van der Waals surface area contributed by atoms with Crippen LogP contribution in [0.4, 0.5) is 0 Å². The molecule has 1 aromatic rings. The van der Waals surface area contributed by atoms with E-state index in [4.69, 9.17) is 5.73 Å². The molecule has 1 rings (SSSR count). The fourth-order valence-corrected chi connectivity index (χ4v) is 1.82. The van der Waals surface area contributed by atoms with Gasteiger partial charge in [0.2, 0.25) is 5.91 Å². The zero-order valence-corrected chi connectivity index (χ0v) is 11.7. The van der Waals surface area contributed by atoms with Crippen LogP contribution < -0.4 is 11.1 Å². The number of benzene rings is 1. The molecule has 0 aliphatic heterocycles. The van der Waals surface area contributed by atoms with Crippen LogP contribution in [-0.2, 0) is 11.2 Å². The Balaban J connectivity index is 2.65. The third-order valence-corrected chi connectivity index (χ3v) is 3.66. The van der Waals surface area contributed by atoms with Gasteiger partial charge in [0, 0.05) is 6.54 Å². The number of hydrogen-bond donors (Lipinski definition) is 3. The minimum absolute atomic E-state index is 0.0784. The van der Waals surface area contributed by atoms with Gasteiger partial charge in [-0.15, -0.1) is 0 Å². The summed E-state index contributed by atoms with van der Waals surface area (Å²) in [6, 6.07) is 9.53. The Morgan fingerprint density at radius 2 is 2.05 bits per heavy atom. The molecule has 0 radical (unpaired) electrons. The molecular weight excluding hydrogens is 240 g/mol. The lowest BCUT2D eigenvalue weighted by Crippen LogP contribution is -2.49. The van der Waals surface area contributed by atoms with Crippen molar-refractivity contribution >= 4 is 5.91 Å². The highest BCUT2D eigenvalue weighted by molar-refractivity contribution is 5.82. The summed E-state index contributed by atoms with van der Waals surface area (Å²) >= 11 is 0. The summed E-state index contributed by atoms with van der Waals surface area (Å²) in [7, 11) is 0. The van der Waals surface area contributed by atoms with Gasteiger partial charge in [-0.25, -0.2) is 0 Å². The van der Waals surface area contributed by atoms with Crippen molar-refractivity contribution in [3.8, 4) is 0 Å². The van der Waals surface area contributed by atoms with Gasteiger partial charge in [0.25, 0.3) is 0 Å². The summed E-state index contributed by atoms with van der Waals surface area (Å²) in [4.78, 5) is 12.2. The maximum Gasteiger partial charge on any atom is 0.227 e. The number of hydrogen-bond acceptors (Lipinski definition) is 3. The van der Waals surface area contributed by atoms with Crippen molar-refractivity contribution in [3.63, 3.8) is 0 Å². The van der Waals surface area contributed by atoms with Gasteiger partial charge in [0.15, 0.2) is 0 Å². The zero-order chi connectivity index (χ0) is 14.3. The maximum absolute atomic E-state index is 12.2. The monoisotopic (exact) mass is 264 g/mol. The fraction of sp³-hybridized carbons (Fsp3) is 0.533. The van der Waals surface area contributed by atoms with Crippen LogP contribution in [-0.4, -0.2) is 30.2 Å². The highest BCUT2D eigenvalue weighted by Gasteiger charge is 2.30. The van der Waals surface area contributed by atoms with Gasteiger partial charge in [0.05, 0.1) is 18.1 Å². The van der Waals surface area contributed by atoms with Gasteiger partial charge in [-0.3, -0.25) is 4.79 Å². The normalized spacial score (nSPS) is 15.6. The molecule has 0 saturated heterocycles. The van der Waals surface area contributed by atoms with E-state index in [0.717, 1.165) is 5.56 Å². The molecule has 4 nitrogen and oxygen atoms in total.